The number of aromatic nitrogens is 1. The van der Waals surface area contributed by atoms with Crippen LogP contribution >= 0.6 is 0 Å². The lowest BCUT2D eigenvalue weighted by molar-refractivity contribution is -0.116. The molecule has 0 saturated carbocycles. The highest BCUT2D eigenvalue weighted by Gasteiger charge is 2.06. The molecule has 1 heterocycles. The van der Waals surface area contributed by atoms with Crippen LogP contribution in [0.2, 0.25) is 0 Å². The summed E-state index contributed by atoms with van der Waals surface area (Å²) in [6.07, 6.45) is 3.05. The normalized spacial score (nSPS) is 10.6. The molecule has 2 N–H and O–H groups in total. The Morgan fingerprint density at radius 3 is 2.86 bits per heavy atom. The number of amides is 1. The molecule has 1 aromatic carbocycles. The Kier molecular flexibility index (Phi) is 5.58. The Morgan fingerprint density at radius 1 is 1.24 bits per heavy atom. The van der Waals surface area contributed by atoms with Crippen molar-refractivity contribution < 1.29 is 4.79 Å². The predicted octanol–water partition coefficient (Wildman–Crippen LogP) is 2.93. The molecule has 0 aliphatic rings. The van der Waals surface area contributed by atoms with Crippen molar-refractivity contribution in [2.45, 2.75) is 33.4 Å². The smallest absolute Gasteiger partial charge is 0.244 e. The third-order valence-electron chi connectivity index (χ3n) is 3.27. The van der Waals surface area contributed by atoms with Crippen LogP contribution in [0.3, 0.4) is 0 Å². The van der Waals surface area contributed by atoms with E-state index in [2.05, 4.69) is 17.6 Å². The fourth-order valence-corrected chi connectivity index (χ4v) is 2.24. The third-order valence-corrected chi connectivity index (χ3v) is 3.27. The van der Waals surface area contributed by atoms with Crippen LogP contribution in [-0.4, -0.2) is 17.0 Å². The van der Waals surface area contributed by atoms with Crippen molar-refractivity contribution in [3.63, 3.8) is 0 Å². The Hall–Kier alpha value is -2.07. The van der Waals surface area contributed by atoms with Gasteiger partial charge in [0.2, 0.25) is 5.91 Å². The topological polar surface area (TPSA) is 46.1 Å². The number of carbonyl (C=O) groups is 1. The first kappa shape index (κ1) is 15.3. The first-order valence-corrected chi connectivity index (χ1v) is 7.40. The fourth-order valence-electron chi connectivity index (χ4n) is 2.24. The SMILES string of the molecule is CCCNCc1cccn1CC(=O)Nc1cccc(C)c1. The molecule has 4 nitrogen and oxygen atoms in total. The second-order valence-electron chi connectivity index (χ2n) is 5.22. The maximum absolute atomic E-state index is 12.1. The van der Waals surface area contributed by atoms with Gasteiger partial charge in [-0.05, 0) is 49.7 Å². The summed E-state index contributed by atoms with van der Waals surface area (Å²) in [5.74, 6) is -0.00598. The highest BCUT2D eigenvalue weighted by molar-refractivity contribution is 5.90. The van der Waals surface area contributed by atoms with Gasteiger partial charge in [0.15, 0.2) is 0 Å². The van der Waals surface area contributed by atoms with Crippen LogP contribution in [-0.2, 0) is 17.9 Å². The van der Waals surface area contributed by atoms with Crippen molar-refractivity contribution in [1.82, 2.24) is 9.88 Å². The van der Waals surface area contributed by atoms with E-state index in [0.29, 0.717) is 6.54 Å². The first-order valence-electron chi connectivity index (χ1n) is 7.40. The molecule has 0 atom stereocenters. The van der Waals surface area contributed by atoms with E-state index in [9.17, 15) is 4.79 Å². The second kappa shape index (κ2) is 7.64. The molecule has 0 radical (unpaired) electrons. The van der Waals surface area contributed by atoms with Gasteiger partial charge in [-0.15, -0.1) is 0 Å². The van der Waals surface area contributed by atoms with Crippen LogP contribution in [0.1, 0.15) is 24.6 Å². The number of aryl methyl sites for hydroxylation is 1. The summed E-state index contributed by atoms with van der Waals surface area (Å²) in [7, 11) is 0. The summed E-state index contributed by atoms with van der Waals surface area (Å²) in [5.41, 5.74) is 3.11. The number of benzene rings is 1. The molecular formula is C17H23N3O. The lowest BCUT2D eigenvalue weighted by Gasteiger charge is -2.11. The summed E-state index contributed by atoms with van der Waals surface area (Å²) in [6, 6.07) is 11.9. The summed E-state index contributed by atoms with van der Waals surface area (Å²) in [6.45, 7) is 6.27. The van der Waals surface area contributed by atoms with E-state index >= 15 is 0 Å². The summed E-state index contributed by atoms with van der Waals surface area (Å²) < 4.78 is 1.98. The molecule has 0 saturated heterocycles. The lowest BCUT2D eigenvalue weighted by Crippen LogP contribution is -2.22. The average Bonchev–Trinajstić information content (AvgIpc) is 2.86. The van der Waals surface area contributed by atoms with Crippen LogP contribution in [0, 0.1) is 6.92 Å². The average molecular weight is 285 g/mol. The first-order chi connectivity index (χ1) is 10.2. The standard InChI is InChI=1S/C17H23N3O/c1-3-9-18-12-16-8-5-10-20(16)13-17(21)19-15-7-4-6-14(2)11-15/h4-8,10-11,18H,3,9,12-13H2,1-2H3,(H,19,21). The van der Waals surface area contributed by atoms with Gasteiger partial charge in [0.25, 0.3) is 0 Å². The zero-order valence-electron chi connectivity index (χ0n) is 12.7. The Balaban J connectivity index is 1.92. The quantitative estimate of drug-likeness (QED) is 0.768. The maximum atomic E-state index is 12.1. The number of rotatable bonds is 7. The Morgan fingerprint density at radius 2 is 2.10 bits per heavy atom. The van der Waals surface area contributed by atoms with Crippen LogP contribution in [0.15, 0.2) is 42.6 Å². The lowest BCUT2D eigenvalue weighted by atomic mass is 10.2. The maximum Gasteiger partial charge on any atom is 0.244 e. The van der Waals surface area contributed by atoms with Crippen molar-refractivity contribution >= 4 is 11.6 Å². The zero-order valence-corrected chi connectivity index (χ0v) is 12.7. The second-order valence-corrected chi connectivity index (χ2v) is 5.22. The Labute approximate surface area is 126 Å². The monoisotopic (exact) mass is 285 g/mol. The summed E-state index contributed by atoms with van der Waals surface area (Å²) in [4.78, 5) is 12.1. The number of carbonyl (C=O) groups excluding carboxylic acids is 1. The number of hydrogen-bond donors (Lipinski definition) is 2. The van der Waals surface area contributed by atoms with Gasteiger partial charge >= 0.3 is 0 Å². The minimum Gasteiger partial charge on any atom is -0.341 e. The molecule has 0 spiro atoms. The van der Waals surface area contributed by atoms with E-state index in [1.807, 2.05) is 54.1 Å². The molecule has 0 aliphatic heterocycles. The van der Waals surface area contributed by atoms with E-state index in [4.69, 9.17) is 0 Å². The van der Waals surface area contributed by atoms with Crippen molar-refractivity contribution in [1.29, 1.82) is 0 Å². The van der Waals surface area contributed by atoms with Gasteiger partial charge in [-0.25, -0.2) is 0 Å². The van der Waals surface area contributed by atoms with Crippen molar-refractivity contribution in [2.24, 2.45) is 0 Å². The van der Waals surface area contributed by atoms with Crippen molar-refractivity contribution in [3.8, 4) is 0 Å². The molecule has 112 valence electrons. The molecule has 0 aliphatic carbocycles. The molecular weight excluding hydrogens is 262 g/mol. The van der Waals surface area contributed by atoms with Crippen LogP contribution < -0.4 is 10.6 Å². The summed E-state index contributed by atoms with van der Waals surface area (Å²) in [5, 5.41) is 6.29. The Bertz CT molecular complexity index is 589. The molecule has 1 aromatic heterocycles. The van der Waals surface area contributed by atoms with Crippen LogP contribution in [0.5, 0.6) is 0 Å². The van der Waals surface area contributed by atoms with Gasteiger partial charge in [-0.1, -0.05) is 19.1 Å². The van der Waals surface area contributed by atoms with Crippen molar-refractivity contribution in [2.75, 3.05) is 11.9 Å². The van der Waals surface area contributed by atoms with E-state index in [1.54, 1.807) is 0 Å². The third kappa shape index (κ3) is 4.76. The van der Waals surface area contributed by atoms with Gasteiger partial charge in [0, 0.05) is 24.1 Å². The van der Waals surface area contributed by atoms with Gasteiger partial charge in [0.1, 0.15) is 6.54 Å². The molecule has 1 amide bonds. The van der Waals surface area contributed by atoms with E-state index in [-0.39, 0.29) is 5.91 Å². The van der Waals surface area contributed by atoms with Crippen molar-refractivity contribution in [3.05, 3.63) is 53.9 Å². The van der Waals surface area contributed by atoms with Crippen LogP contribution in [0.4, 0.5) is 5.69 Å². The van der Waals surface area contributed by atoms with E-state index < -0.39 is 0 Å². The molecule has 2 aromatic rings. The molecule has 0 fully saturated rings. The molecule has 21 heavy (non-hydrogen) atoms. The minimum atomic E-state index is -0.00598. The van der Waals surface area contributed by atoms with Gasteiger partial charge in [-0.2, -0.15) is 0 Å². The molecule has 0 unspecified atom stereocenters. The molecule has 4 heteroatoms. The highest BCUT2D eigenvalue weighted by atomic mass is 16.1. The number of nitrogens with one attached hydrogen (secondary N) is 2. The van der Waals surface area contributed by atoms with Gasteiger partial charge < -0.3 is 15.2 Å². The fraction of sp³-hybridized carbons (Fsp3) is 0.353. The largest absolute Gasteiger partial charge is 0.341 e. The predicted molar refractivity (Wildman–Crippen MR) is 86.2 cm³/mol. The molecule has 0 bridgehead atoms. The number of hydrogen-bond acceptors (Lipinski definition) is 2. The van der Waals surface area contributed by atoms with Crippen LogP contribution in [0.25, 0.3) is 0 Å². The van der Waals surface area contributed by atoms with Gasteiger partial charge in [-0.3, -0.25) is 4.79 Å². The zero-order chi connectivity index (χ0) is 15.1. The number of nitrogens with zero attached hydrogens (tertiary/aromatic N) is 1. The van der Waals surface area contributed by atoms with E-state index in [0.717, 1.165) is 36.5 Å². The van der Waals surface area contributed by atoms with Gasteiger partial charge in [0.05, 0.1) is 0 Å². The summed E-state index contributed by atoms with van der Waals surface area (Å²) >= 11 is 0. The number of anilines is 1. The molecule has 2 rings (SSSR count). The van der Waals surface area contributed by atoms with E-state index in [1.165, 1.54) is 0 Å². The highest BCUT2D eigenvalue weighted by Crippen LogP contribution is 2.10. The minimum absolute atomic E-state index is 0.00598.